The number of hydrogen-bond acceptors (Lipinski definition) is 2. The molecule has 2 nitrogen and oxygen atoms in total. The molecule has 2 aromatic carbocycles. The molecular weight excluding hydrogens is 243 g/mol. The molecular formula is C15H15O2P. The highest BCUT2D eigenvalue weighted by Gasteiger charge is 2.46. The average Bonchev–Trinajstić information content (AvgIpc) is 2.84. The van der Waals surface area contributed by atoms with Crippen LogP contribution in [0.1, 0.15) is 18.1 Å². The molecule has 2 unspecified atom stereocenters. The predicted molar refractivity (Wildman–Crippen MR) is 73.6 cm³/mol. The Labute approximate surface area is 109 Å². The lowest BCUT2D eigenvalue weighted by Gasteiger charge is -2.31. The van der Waals surface area contributed by atoms with E-state index in [9.17, 15) is 0 Å². The highest BCUT2D eigenvalue weighted by atomic mass is 31.1. The van der Waals surface area contributed by atoms with Gasteiger partial charge in [0, 0.05) is 0 Å². The van der Waals surface area contributed by atoms with Crippen LogP contribution in [0.15, 0.2) is 60.7 Å². The van der Waals surface area contributed by atoms with E-state index in [1.165, 1.54) is 0 Å². The summed E-state index contributed by atoms with van der Waals surface area (Å²) in [5, 5.41) is 0. The van der Waals surface area contributed by atoms with Gasteiger partial charge in [0.1, 0.15) is 0 Å². The van der Waals surface area contributed by atoms with Crippen LogP contribution >= 0.6 is 9.03 Å². The Bertz CT molecular complexity index is 473. The Balaban J connectivity index is 2.17. The normalized spacial score (nSPS) is 23.3. The van der Waals surface area contributed by atoms with Crippen molar-refractivity contribution < 1.29 is 9.05 Å². The summed E-state index contributed by atoms with van der Waals surface area (Å²) in [6, 6.07) is 20.6. The Morgan fingerprint density at radius 2 is 1.39 bits per heavy atom. The highest BCUT2D eigenvalue weighted by Crippen LogP contribution is 2.50. The van der Waals surface area contributed by atoms with Crippen molar-refractivity contribution in [1.82, 2.24) is 0 Å². The van der Waals surface area contributed by atoms with Gasteiger partial charge >= 0.3 is 0 Å². The minimum Gasteiger partial charge on any atom is -0.329 e. The summed E-state index contributed by atoms with van der Waals surface area (Å²) in [6.45, 7) is 2.07. The Morgan fingerprint density at radius 3 is 1.78 bits per heavy atom. The van der Waals surface area contributed by atoms with E-state index in [1.807, 2.05) is 36.4 Å². The summed E-state index contributed by atoms with van der Waals surface area (Å²) in [7, 11) is 0.0914. The first-order chi connectivity index (χ1) is 8.84. The number of benzene rings is 2. The molecule has 0 saturated carbocycles. The van der Waals surface area contributed by atoms with Gasteiger partial charge in [-0.3, -0.25) is 0 Å². The minimum atomic E-state index is -0.471. The SMILES string of the molecule is CC1OPOC1(c1ccccc1)c1ccccc1. The van der Waals surface area contributed by atoms with E-state index in [4.69, 9.17) is 9.05 Å². The van der Waals surface area contributed by atoms with Crippen LogP contribution in [0.3, 0.4) is 0 Å². The average molecular weight is 258 g/mol. The molecule has 1 heterocycles. The standard InChI is InChI=1S/C15H15O2P/c1-12-15(17-18-16-12,13-8-4-2-5-9-13)14-10-6-3-7-11-14/h2-12,18H,1H3. The fourth-order valence-electron chi connectivity index (χ4n) is 2.45. The quantitative estimate of drug-likeness (QED) is 0.761. The van der Waals surface area contributed by atoms with Crippen LogP contribution < -0.4 is 0 Å². The molecule has 0 radical (unpaired) electrons. The predicted octanol–water partition coefficient (Wildman–Crippen LogP) is 3.87. The number of rotatable bonds is 2. The minimum absolute atomic E-state index is 0.0145. The van der Waals surface area contributed by atoms with Crippen LogP contribution in [0, 0.1) is 0 Å². The smallest absolute Gasteiger partial charge is 0.156 e. The van der Waals surface area contributed by atoms with E-state index in [1.54, 1.807) is 0 Å². The third-order valence-corrected chi connectivity index (χ3v) is 4.26. The second-order valence-corrected chi connectivity index (χ2v) is 5.02. The summed E-state index contributed by atoms with van der Waals surface area (Å²) in [4.78, 5) is 0. The molecule has 18 heavy (non-hydrogen) atoms. The second kappa shape index (κ2) is 4.81. The van der Waals surface area contributed by atoms with Crippen LogP contribution in [0.5, 0.6) is 0 Å². The molecule has 1 saturated heterocycles. The van der Waals surface area contributed by atoms with Crippen molar-refractivity contribution in [3.8, 4) is 0 Å². The molecule has 0 aliphatic carbocycles. The van der Waals surface area contributed by atoms with Crippen molar-refractivity contribution in [2.75, 3.05) is 0 Å². The lowest BCUT2D eigenvalue weighted by molar-refractivity contribution is 0.0861. The Kier molecular flexibility index (Phi) is 3.17. The molecule has 1 aliphatic rings. The van der Waals surface area contributed by atoms with Gasteiger partial charge in [0.2, 0.25) is 0 Å². The van der Waals surface area contributed by atoms with Gasteiger partial charge in [-0.15, -0.1) is 0 Å². The van der Waals surface area contributed by atoms with Crippen molar-refractivity contribution in [1.29, 1.82) is 0 Å². The second-order valence-electron chi connectivity index (χ2n) is 4.41. The van der Waals surface area contributed by atoms with Crippen molar-refractivity contribution in [3.05, 3.63) is 71.8 Å². The van der Waals surface area contributed by atoms with Gasteiger partial charge in [-0.1, -0.05) is 60.7 Å². The maximum atomic E-state index is 6.03. The first-order valence-corrected chi connectivity index (χ1v) is 6.85. The summed E-state index contributed by atoms with van der Waals surface area (Å²) in [5.41, 5.74) is 1.82. The first kappa shape index (κ1) is 11.9. The molecule has 1 aliphatic heterocycles. The molecule has 2 atom stereocenters. The fourth-order valence-corrected chi connectivity index (χ4v) is 3.34. The van der Waals surface area contributed by atoms with Crippen molar-refractivity contribution in [2.45, 2.75) is 18.6 Å². The van der Waals surface area contributed by atoms with Crippen LogP contribution in [0.2, 0.25) is 0 Å². The van der Waals surface area contributed by atoms with Crippen LogP contribution in [-0.2, 0) is 14.6 Å². The molecule has 0 aromatic heterocycles. The van der Waals surface area contributed by atoms with E-state index < -0.39 is 5.60 Å². The molecule has 3 heteroatoms. The molecule has 3 rings (SSSR count). The molecule has 0 amide bonds. The van der Waals surface area contributed by atoms with Crippen LogP contribution in [0.4, 0.5) is 0 Å². The maximum Gasteiger partial charge on any atom is 0.156 e. The van der Waals surface area contributed by atoms with Gasteiger partial charge in [-0.05, 0) is 18.1 Å². The lowest BCUT2D eigenvalue weighted by atomic mass is 9.82. The molecule has 2 aromatic rings. The summed E-state index contributed by atoms with van der Waals surface area (Å²) < 4.78 is 11.7. The maximum absolute atomic E-state index is 6.03. The monoisotopic (exact) mass is 258 g/mol. The van der Waals surface area contributed by atoms with Gasteiger partial charge in [0.05, 0.1) is 6.10 Å². The topological polar surface area (TPSA) is 18.5 Å². The zero-order valence-electron chi connectivity index (χ0n) is 10.2. The Hall–Kier alpha value is -1.21. The largest absolute Gasteiger partial charge is 0.329 e. The number of hydrogen-bond donors (Lipinski definition) is 0. The summed E-state index contributed by atoms with van der Waals surface area (Å²) in [6.07, 6.45) is 0.0145. The summed E-state index contributed by atoms with van der Waals surface area (Å²) in [5.74, 6) is 0. The molecule has 92 valence electrons. The molecule has 0 N–H and O–H groups in total. The van der Waals surface area contributed by atoms with Gasteiger partial charge in [-0.2, -0.15) is 0 Å². The highest BCUT2D eigenvalue weighted by molar-refractivity contribution is 7.26. The lowest BCUT2D eigenvalue weighted by Crippen LogP contribution is -2.36. The van der Waals surface area contributed by atoms with Gasteiger partial charge in [0.25, 0.3) is 0 Å². The van der Waals surface area contributed by atoms with E-state index in [0.29, 0.717) is 0 Å². The third-order valence-electron chi connectivity index (χ3n) is 3.41. The van der Waals surface area contributed by atoms with E-state index in [2.05, 4.69) is 31.2 Å². The zero-order chi connectivity index (χ0) is 12.4. The van der Waals surface area contributed by atoms with E-state index in [-0.39, 0.29) is 15.1 Å². The summed E-state index contributed by atoms with van der Waals surface area (Å²) >= 11 is 0. The van der Waals surface area contributed by atoms with Gasteiger partial charge in [-0.25, -0.2) is 0 Å². The zero-order valence-corrected chi connectivity index (χ0v) is 11.2. The van der Waals surface area contributed by atoms with Crippen LogP contribution in [-0.4, -0.2) is 6.10 Å². The first-order valence-electron chi connectivity index (χ1n) is 6.04. The van der Waals surface area contributed by atoms with Gasteiger partial charge < -0.3 is 9.05 Å². The van der Waals surface area contributed by atoms with Crippen molar-refractivity contribution in [2.24, 2.45) is 0 Å². The van der Waals surface area contributed by atoms with E-state index in [0.717, 1.165) is 11.1 Å². The Morgan fingerprint density at radius 1 is 0.889 bits per heavy atom. The van der Waals surface area contributed by atoms with Crippen molar-refractivity contribution >= 4 is 9.03 Å². The van der Waals surface area contributed by atoms with Crippen LogP contribution in [0.25, 0.3) is 0 Å². The van der Waals surface area contributed by atoms with Crippen molar-refractivity contribution in [3.63, 3.8) is 0 Å². The van der Waals surface area contributed by atoms with Gasteiger partial charge in [0.15, 0.2) is 14.6 Å². The molecule has 1 fully saturated rings. The molecule has 0 bridgehead atoms. The molecule has 0 spiro atoms. The third kappa shape index (κ3) is 1.78. The van der Waals surface area contributed by atoms with E-state index >= 15 is 0 Å². The fraction of sp³-hybridized carbons (Fsp3) is 0.200.